The standard InChI is InChI=1S/C9H10F3NO5S/c10-9(11,12)19(16,17)18-7-2-5-1-6(3-7)13(4-5)8(14)15/h3,5-6H,1-2,4H2,(H,14,15)/p-1. The molecule has 19 heavy (non-hydrogen) atoms. The molecule has 1 aliphatic carbocycles. The largest absolute Gasteiger partial charge is 0.534 e. The van der Waals surface area contributed by atoms with Gasteiger partial charge in [0.25, 0.3) is 0 Å². The maximum atomic E-state index is 12.1. The molecule has 1 heterocycles. The predicted molar refractivity (Wildman–Crippen MR) is 52.8 cm³/mol. The van der Waals surface area contributed by atoms with Crippen LogP contribution in [0.4, 0.5) is 18.0 Å². The fourth-order valence-corrected chi connectivity index (χ4v) is 2.79. The van der Waals surface area contributed by atoms with Crippen molar-refractivity contribution in [1.29, 1.82) is 0 Å². The molecule has 10 heteroatoms. The lowest BCUT2D eigenvalue weighted by Gasteiger charge is -2.24. The molecule has 0 N–H and O–H groups in total. The normalized spacial score (nSPS) is 27.1. The van der Waals surface area contributed by atoms with Gasteiger partial charge in [0.15, 0.2) is 0 Å². The van der Waals surface area contributed by atoms with Gasteiger partial charge in [0.05, 0.1) is 6.04 Å². The quantitative estimate of drug-likeness (QED) is 0.536. The van der Waals surface area contributed by atoms with Gasteiger partial charge >= 0.3 is 15.6 Å². The van der Waals surface area contributed by atoms with Crippen molar-refractivity contribution < 1.29 is 35.7 Å². The Kier molecular flexibility index (Phi) is 3.15. The first-order valence-electron chi connectivity index (χ1n) is 5.29. The van der Waals surface area contributed by atoms with E-state index in [1.807, 2.05) is 0 Å². The van der Waals surface area contributed by atoms with Gasteiger partial charge in [0.2, 0.25) is 0 Å². The summed E-state index contributed by atoms with van der Waals surface area (Å²) in [6, 6.07) is -0.692. The van der Waals surface area contributed by atoms with Crippen molar-refractivity contribution >= 4 is 16.2 Å². The van der Waals surface area contributed by atoms with E-state index in [2.05, 4.69) is 4.18 Å². The van der Waals surface area contributed by atoms with Crippen LogP contribution in [0.3, 0.4) is 0 Å². The molecule has 2 aliphatic rings. The number of allylic oxidation sites excluding steroid dienone is 1. The van der Waals surface area contributed by atoms with Crippen LogP contribution in [0.15, 0.2) is 11.8 Å². The van der Waals surface area contributed by atoms with Crippen LogP contribution >= 0.6 is 0 Å². The van der Waals surface area contributed by atoms with Crippen LogP contribution in [0, 0.1) is 5.92 Å². The zero-order valence-corrected chi connectivity index (χ0v) is 10.2. The molecule has 1 saturated heterocycles. The number of carbonyl (C=O) groups is 1. The second kappa shape index (κ2) is 4.29. The number of alkyl halides is 3. The van der Waals surface area contributed by atoms with Crippen LogP contribution in [-0.2, 0) is 14.3 Å². The van der Waals surface area contributed by atoms with Gasteiger partial charge in [-0.05, 0) is 18.4 Å². The van der Waals surface area contributed by atoms with Crippen LogP contribution in [-0.4, -0.2) is 37.5 Å². The fraction of sp³-hybridized carbons (Fsp3) is 0.667. The summed E-state index contributed by atoms with van der Waals surface area (Å²) in [6.45, 7) is 0.0996. The minimum Gasteiger partial charge on any atom is -0.530 e. The highest BCUT2D eigenvalue weighted by molar-refractivity contribution is 7.87. The number of fused-ring (bicyclic) bond motifs is 2. The molecule has 0 aromatic heterocycles. The summed E-state index contributed by atoms with van der Waals surface area (Å²) in [6.07, 6.45) is 0.0223. The Labute approximate surface area is 106 Å². The van der Waals surface area contributed by atoms with E-state index in [0.29, 0.717) is 6.42 Å². The number of carboxylic acid groups (broad SMARTS) is 1. The van der Waals surface area contributed by atoms with Crippen molar-refractivity contribution in [2.45, 2.75) is 24.4 Å². The van der Waals surface area contributed by atoms with Gasteiger partial charge in [-0.3, -0.25) is 0 Å². The van der Waals surface area contributed by atoms with Crippen LogP contribution in [0.1, 0.15) is 12.8 Å². The highest BCUT2D eigenvalue weighted by atomic mass is 32.2. The summed E-state index contributed by atoms with van der Waals surface area (Å²) < 4.78 is 62.1. The van der Waals surface area contributed by atoms with Crippen LogP contribution < -0.4 is 5.11 Å². The van der Waals surface area contributed by atoms with Crippen molar-refractivity contribution in [2.24, 2.45) is 5.92 Å². The van der Waals surface area contributed by atoms with Crippen molar-refractivity contribution in [1.82, 2.24) is 4.90 Å². The van der Waals surface area contributed by atoms with E-state index in [1.165, 1.54) is 0 Å². The molecule has 2 atom stereocenters. The average molecular weight is 300 g/mol. The summed E-state index contributed by atoms with van der Waals surface area (Å²) in [5, 5.41) is 10.7. The van der Waals surface area contributed by atoms with Gasteiger partial charge in [0.1, 0.15) is 11.9 Å². The first-order chi connectivity index (χ1) is 8.60. The molecule has 0 aromatic rings. The number of likely N-dealkylation sites (tertiary alicyclic amines) is 1. The summed E-state index contributed by atoms with van der Waals surface area (Å²) in [4.78, 5) is 11.7. The highest BCUT2D eigenvalue weighted by Crippen LogP contribution is 2.37. The minimum atomic E-state index is -5.70. The second-order valence-electron chi connectivity index (χ2n) is 4.41. The topological polar surface area (TPSA) is 86.7 Å². The Balaban J connectivity index is 2.17. The second-order valence-corrected chi connectivity index (χ2v) is 5.95. The summed E-state index contributed by atoms with van der Waals surface area (Å²) in [7, 11) is -5.70. The fourth-order valence-electron chi connectivity index (χ4n) is 2.29. The molecule has 1 aliphatic heterocycles. The lowest BCUT2D eigenvalue weighted by molar-refractivity contribution is -0.265. The summed E-state index contributed by atoms with van der Waals surface area (Å²) >= 11 is 0. The Morgan fingerprint density at radius 3 is 2.63 bits per heavy atom. The first-order valence-corrected chi connectivity index (χ1v) is 6.70. The van der Waals surface area contributed by atoms with Gasteiger partial charge in [0, 0.05) is 13.0 Å². The number of carbonyl (C=O) groups excluding carboxylic acids is 1. The van der Waals surface area contributed by atoms with E-state index in [0.717, 1.165) is 11.0 Å². The molecular formula is C9H9F3NO5S-. The molecule has 6 nitrogen and oxygen atoms in total. The monoisotopic (exact) mass is 300 g/mol. The van der Waals surface area contributed by atoms with E-state index >= 15 is 0 Å². The average Bonchev–Trinajstić information content (AvgIpc) is 2.51. The molecule has 1 amide bonds. The van der Waals surface area contributed by atoms with Gasteiger partial charge in [-0.1, -0.05) is 0 Å². The number of hydrogen-bond donors (Lipinski definition) is 0. The van der Waals surface area contributed by atoms with Gasteiger partial charge in [-0.15, -0.1) is 0 Å². The maximum absolute atomic E-state index is 12.1. The number of rotatable bonds is 2. The SMILES string of the molecule is O=C([O-])N1CC2CC(OS(=O)(=O)C(F)(F)F)=CC1C2. The van der Waals surface area contributed by atoms with E-state index in [4.69, 9.17) is 0 Å². The van der Waals surface area contributed by atoms with E-state index in [1.54, 1.807) is 0 Å². The van der Waals surface area contributed by atoms with Crippen molar-refractivity contribution in [3.8, 4) is 0 Å². The number of hydrogen-bond acceptors (Lipinski definition) is 5. The third-order valence-electron chi connectivity index (χ3n) is 3.03. The summed E-state index contributed by atoms with van der Waals surface area (Å²) in [5.74, 6) is -0.631. The molecule has 0 aromatic carbocycles. The van der Waals surface area contributed by atoms with Crippen molar-refractivity contribution in [3.05, 3.63) is 11.8 Å². The maximum Gasteiger partial charge on any atom is 0.534 e. The van der Waals surface area contributed by atoms with Crippen molar-refractivity contribution in [3.63, 3.8) is 0 Å². The lowest BCUT2D eigenvalue weighted by Crippen LogP contribution is -2.43. The molecule has 0 saturated carbocycles. The molecule has 2 unspecified atom stereocenters. The van der Waals surface area contributed by atoms with E-state index < -0.39 is 27.8 Å². The zero-order valence-electron chi connectivity index (χ0n) is 9.38. The van der Waals surface area contributed by atoms with Gasteiger partial charge < -0.3 is 19.0 Å². The van der Waals surface area contributed by atoms with Crippen LogP contribution in [0.5, 0.6) is 0 Å². The first kappa shape index (κ1) is 14.0. The lowest BCUT2D eigenvalue weighted by atomic mass is 9.95. The Hall–Kier alpha value is -1.45. The van der Waals surface area contributed by atoms with Gasteiger partial charge in [-0.2, -0.15) is 21.6 Å². The molecule has 108 valence electrons. The Bertz CT molecular complexity index is 526. The molecule has 0 spiro atoms. The highest BCUT2D eigenvalue weighted by Gasteiger charge is 2.49. The van der Waals surface area contributed by atoms with Crippen LogP contribution in [0.2, 0.25) is 0 Å². The smallest absolute Gasteiger partial charge is 0.530 e. The Morgan fingerprint density at radius 1 is 1.47 bits per heavy atom. The van der Waals surface area contributed by atoms with Crippen LogP contribution in [0.25, 0.3) is 0 Å². The predicted octanol–water partition coefficient (Wildman–Crippen LogP) is 0.174. The summed E-state index contributed by atoms with van der Waals surface area (Å²) in [5.41, 5.74) is -5.50. The third kappa shape index (κ3) is 2.62. The minimum absolute atomic E-state index is 0.0460. The number of nitrogens with zero attached hydrogens (tertiary/aromatic N) is 1. The number of amides is 1. The van der Waals surface area contributed by atoms with E-state index in [9.17, 15) is 31.5 Å². The third-order valence-corrected chi connectivity index (χ3v) is 4.03. The molecule has 1 fully saturated rings. The molecule has 0 radical (unpaired) electrons. The van der Waals surface area contributed by atoms with E-state index in [-0.39, 0.29) is 24.6 Å². The zero-order chi connectivity index (χ0) is 14.4. The van der Waals surface area contributed by atoms with Crippen molar-refractivity contribution in [2.75, 3.05) is 6.54 Å². The number of halogens is 3. The van der Waals surface area contributed by atoms with Gasteiger partial charge in [-0.25, -0.2) is 0 Å². The molecular weight excluding hydrogens is 291 g/mol. The molecule has 2 bridgehead atoms. The Morgan fingerprint density at radius 2 is 2.11 bits per heavy atom. The molecule has 2 rings (SSSR count).